The molecule has 2 amide bonds. The van der Waals surface area contributed by atoms with E-state index in [9.17, 15) is 14.0 Å². The average Bonchev–Trinajstić information content (AvgIpc) is 3.17. The molecule has 2 aromatic carbocycles. The van der Waals surface area contributed by atoms with Gasteiger partial charge in [-0.2, -0.15) is 4.98 Å². The minimum absolute atomic E-state index is 0.0288. The monoisotopic (exact) mass is 369 g/mol. The van der Waals surface area contributed by atoms with Gasteiger partial charge in [-0.15, -0.1) is 0 Å². The third-order valence-corrected chi connectivity index (χ3v) is 3.57. The summed E-state index contributed by atoms with van der Waals surface area (Å²) in [5, 5.41) is 5.96. The molecule has 0 aliphatic rings. The Morgan fingerprint density at radius 3 is 2.78 bits per heavy atom. The Hall–Kier alpha value is -3.55. The summed E-state index contributed by atoms with van der Waals surface area (Å²) in [6.07, 6.45) is -0.159. The summed E-state index contributed by atoms with van der Waals surface area (Å²) in [4.78, 5) is 27.8. The Balaban J connectivity index is 1.79. The molecular formula is C19H16FN3O4. The predicted octanol–water partition coefficient (Wildman–Crippen LogP) is 3.82. The number of carbonyl (C=O) groups is 2. The summed E-state index contributed by atoms with van der Waals surface area (Å²) < 4.78 is 23.8. The number of halogens is 1. The van der Waals surface area contributed by atoms with Gasteiger partial charge in [0.1, 0.15) is 5.82 Å². The molecule has 0 bridgehead atoms. The molecular weight excluding hydrogens is 353 g/mol. The third kappa shape index (κ3) is 4.35. The van der Waals surface area contributed by atoms with Crippen molar-refractivity contribution in [3.63, 3.8) is 0 Å². The summed E-state index contributed by atoms with van der Waals surface area (Å²) in [7, 11) is 0. The molecule has 0 saturated heterocycles. The van der Waals surface area contributed by atoms with E-state index in [1.54, 1.807) is 24.3 Å². The van der Waals surface area contributed by atoms with Gasteiger partial charge in [-0.3, -0.25) is 10.1 Å². The van der Waals surface area contributed by atoms with Gasteiger partial charge in [0.25, 0.3) is 11.8 Å². The Bertz CT molecular complexity index is 971. The molecule has 0 spiro atoms. The standard InChI is InChI=1S/C19H16FN3O4/c1-2-10-26-19(25)22-17(24)13-7-5-6-12(11-13)16-21-18(27-23-16)14-8-3-4-9-15(14)20/h3-9,11H,2,10H2,1H3,(H,22,24,25). The Morgan fingerprint density at radius 1 is 1.19 bits per heavy atom. The van der Waals surface area contributed by atoms with E-state index < -0.39 is 17.8 Å². The number of imide groups is 1. The summed E-state index contributed by atoms with van der Waals surface area (Å²) in [6, 6.07) is 12.3. The Labute approximate surface area is 154 Å². The maximum atomic E-state index is 13.8. The van der Waals surface area contributed by atoms with Crippen LogP contribution in [0.3, 0.4) is 0 Å². The van der Waals surface area contributed by atoms with E-state index in [-0.39, 0.29) is 29.4 Å². The second-order valence-corrected chi connectivity index (χ2v) is 5.57. The topological polar surface area (TPSA) is 94.3 Å². The van der Waals surface area contributed by atoms with Crippen LogP contribution < -0.4 is 5.32 Å². The number of nitrogens with one attached hydrogen (secondary N) is 1. The number of carbonyl (C=O) groups excluding carboxylic acids is 2. The number of hydrogen-bond donors (Lipinski definition) is 1. The number of alkyl carbamates (subject to hydrolysis) is 1. The van der Waals surface area contributed by atoms with E-state index in [4.69, 9.17) is 9.26 Å². The highest BCUT2D eigenvalue weighted by Gasteiger charge is 2.16. The quantitative estimate of drug-likeness (QED) is 0.735. The SMILES string of the molecule is CCCOC(=O)NC(=O)c1cccc(-c2noc(-c3ccccc3F)n2)c1. The van der Waals surface area contributed by atoms with Crippen LogP contribution >= 0.6 is 0 Å². The molecule has 8 heteroatoms. The predicted molar refractivity (Wildman–Crippen MR) is 94.2 cm³/mol. The molecule has 0 unspecified atom stereocenters. The van der Waals surface area contributed by atoms with Crippen LogP contribution in [0.15, 0.2) is 53.1 Å². The van der Waals surface area contributed by atoms with Crippen molar-refractivity contribution in [1.29, 1.82) is 0 Å². The number of benzene rings is 2. The molecule has 138 valence electrons. The van der Waals surface area contributed by atoms with Crippen LogP contribution in [-0.4, -0.2) is 28.7 Å². The highest BCUT2D eigenvalue weighted by molar-refractivity contribution is 6.03. The molecule has 3 aromatic rings. The lowest BCUT2D eigenvalue weighted by molar-refractivity contribution is 0.0920. The molecule has 0 atom stereocenters. The number of hydrogen-bond acceptors (Lipinski definition) is 6. The van der Waals surface area contributed by atoms with Gasteiger partial charge in [0.2, 0.25) is 5.82 Å². The first-order valence-corrected chi connectivity index (χ1v) is 8.25. The summed E-state index contributed by atoms with van der Waals surface area (Å²) >= 11 is 0. The van der Waals surface area contributed by atoms with Crippen LogP contribution in [0.2, 0.25) is 0 Å². The zero-order valence-electron chi connectivity index (χ0n) is 14.4. The van der Waals surface area contributed by atoms with Gasteiger partial charge in [0, 0.05) is 11.1 Å². The molecule has 0 saturated carbocycles. The summed E-state index contributed by atoms with van der Waals surface area (Å²) in [5.74, 6) is -0.875. The van der Waals surface area contributed by atoms with Crippen LogP contribution in [-0.2, 0) is 4.74 Å². The fraction of sp³-hybridized carbons (Fsp3) is 0.158. The van der Waals surface area contributed by atoms with Crippen molar-refractivity contribution in [1.82, 2.24) is 15.5 Å². The van der Waals surface area contributed by atoms with E-state index >= 15 is 0 Å². The van der Waals surface area contributed by atoms with Gasteiger partial charge in [-0.25, -0.2) is 9.18 Å². The molecule has 1 heterocycles. The van der Waals surface area contributed by atoms with Crippen molar-refractivity contribution in [2.45, 2.75) is 13.3 Å². The van der Waals surface area contributed by atoms with E-state index in [2.05, 4.69) is 15.5 Å². The molecule has 27 heavy (non-hydrogen) atoms. The van der Waals surface area contributed by atoms with Crippen LogP contribution in [0.25, 0.3) is 22.8 Å². The first kappa shape index (κ1) is 18.2. The zero-order valence-corrected chi connectivity index (χ0v) is 14.4. The second-order valence-electron chi connectivity index (χ2n) is 5.57. The average molecular weight is 369 g/mol. The van der Waals surface area contributed by atoms with E-state index in [0.29, 0.717) is 12.0 Å². The second kappa shape index (κ2) is 8.22. The van der Waals surface area contributed by atoms with Crippen LogP contribution in [0.5, 0.6) is 0 Å². The molecule has 1 aromatic heterocycles. The lowest BCUT2D eigenvalue weighted by Crippen LogP contribution is -2.31. The summed E-state index contributed by atoms with van der Waals surface area (Å²) in [5.41, 5.74) is 0.887. The number of ether oxygens (including phenoxy) is 1. The maximum absolute atomic E-state index is 13.8. The minimum Gasteiger partial charge on any atom is -0.449 e. The first-order chi connectivity index (χ1) is 13.1. The van der Waals surface area contributed by atoms with Crippen molar-refractivity contribution in [3.05, 3.63) is 59.9 Å². The fourth-order valence-corrected chi connectivity index (χ4v) is 2.28. The van der Waals surface area contributed by atoms with Crippen molar-refractivity contribution in [2.75, 3.05) is 6.61 Å². The number of amides is 2. The normalized spacial score (nSPS) is 10.4. The van der Waals surface area contributed by atoms with Gasteiger partial charge in [-0.05, 0) is 30.7 Å². The molecule has 0 aliphatic carbocycles. The number of nitrogens with zero attached hydrogens (tertiary/aromatic N) is 2. The third-order valence-electron chi connectivity index (χ3n) is 3.57. The zero-order chi connectivity index (χ0) is 19.2. The minimum atomic E-state index is -0.811. The molecule has 1 N–H and O–H groups in total. The van der Waals surface area contributed by atoms with Crippen molar-refractivity contribution in [2.24, 2.45) is 0 Å². The van der Waals surface area contributed by atoms with Crippen LogP contribution in [0.4, 0.5) is 9.18 Å². The van der Waals surface area contributed by atoms with E-state index in [0.717, 1.165) is 0 Å². The summed E-state index contributed by atoms with van der Waals surface area (Å²) in [6.45, 7) is 2.07. The number of aromatic nitrogens is 2. The molecule has 0 aliphatic heterocycles. The van der Waals surface area contributed by atoms with Crippen molar-refractivity contribution in [3.8, 4) is 22.8 Å². The Morgan fingerprint density at radius 2 is 2.00 bits per heavy atom. The highest BCUT2D eigenvalue weighted by Crippen LogP contribution is 2.24. The molecule has 0 fully saturated rings. The van der Waals surface area contributed by atoms with Gasteiger partial charge in [0.15, 0.2) is 0 Å². The Kier molecular flexibility index (Phi) is 5.55. The first-order valence-electron chi connectivity index (χ1n) is 8.25. The maximum Gasteiger partial charge on any atom is 0.414 e. The van der Waals surface area contributed by atoms with E-state index in [1.807, 2.05) is 6.92 Å². The molecule has 0 radical (unpaired) electrons. The fourth-order valence-electron chi connectivity index (χ4n) is 2.28. The van der Waals surface area contributed by atoms with Crippen molar-refractivity contribution >= 4 is 12.0 Å². The molecule has 3 rings (SSSR count). The van der Waals surface area contributed by atoms with Gasteiger partial charge in [0.05, 0.1) is 12.2 Å². The van der Waals surface area contributed by atoms with Crippen LogP contribution in [0, 0.1) is 5.82 Å². The van der Waals surface area contributed by atoms with Crippen molar-refractivity contribution < 1.29 is 23.2 Å². The lowest BCUT2D eigenvalue weighted by atomic mass is 10.1. The van der Waals surface area contributed by atoms with E-state index in [1.165, 1.54) is 24.3 Å². The van der Waals surface area contributed by atoms with Crippen LogP contribution in [0.1, 0.15) is 23.7 Å². The largest absolute Gasteiger partial charge is 0.449 e. The smallest absolute Gasteiger partial charge is 0.414 e. The highest BCUT2D eigenvalue weighted by atomic mass is 19.1. The lowest BCUT2D eigenvalue weighted by Gasteiger charge is -2.05. The number of rotatable bonds is 5. The van der Waals surface area contributed by atoms with Gasteiger partial charge >= 0.3 is 6.09 Å². The van der Waals surface area contributed by atoms with Gasteiger partial charge in [-0.1, -0.05) is 36.3 Å². The van der Waals surface area contributed by atoms with Gasteiger partial charge < -0.3 is 9.26 Å². The molecule has 7 nitrogen and oxygen atoms in total.